The summed E-state index contributed by atoms with van der Waals surface area (Å²) in [5.41, 5.74) is 6.80. The van der Waals surface area contributed by atoms with Gasteiger partial charge in [-0.1, -0.05) is 0 Å². The monoisotopic (exact) mass is 332 g/mol. The molecule has 0 bridgehead atoms. The molecule has 7 nitrogen and oxygen atoms in total. The number of anilines is 1. The molecular weight excluding hydrogens is 308 g/mol. The van der Waals surface area contributed by atoms with Crippen molar-refractivity contribution in [3.63, 3.8) is 0 Å². The Morgan fingerprint density at radius 1 is 1.21 bits per heavy atom. The fourth-order valence-electron chi connectivity index (χ4n) is 3.71. The summed E-state index contributed by atoms with van der Waals surface area (Å²) in [7, 11) is 0. The van der Waals surface area contributed by atoms with Gasteiger partial charge in [0, 0.05) is 43.9 Å². The number of nitrogens with zero attached hydrogens (tertiary/aromatic N) is 3. The molecule has 0 aromatic heterocycles. The molecule has 0 aliphatic carbocycles. The van der Waals surface area contributed by atoms with Gasteiger partial charge in [0.2, 0.25) is 0 Å². The lowest BCUT2D eigenvalue weighted by atomic mass is 10.0. The van der Waals surface area contributed by atoms with Crippen molar-refractivity contribution in [3.05, 3.63) is 33.9 Å². The zero-order chi connectivity index (χ0) is 17.1. The van der Waals surface area contributed by atoms with E-state index >= 15 is 0 Å². The van der Waals surface area contributed by atoms with Crippen molar-refractivity contribution in [3.8, 4) is 0 Å². The average Bonchev–Trinajstić information content (AvgIpc) is 3.15. The van der Waals surface area contributed by atoms with Gasteiger partial charge in [0.05, 0.1) is 4.92 Å². The first-order valence-electron chi connectivity index (χ1n) is 8.66. The van der Waals surface area contributed by atoms with Gasteiger partial charge in [0.1, 0.15) is 5.69 Å². The van der Waals surface area contributed by atoms with Crippen molar-refractivity contribution in [2.75, 3.05) is 31.1 Å². The summed E-state index contributed by atoms with van der Waals surface area (Å²) in [5, 5.41) is 11.5. The average molecular weight is 332 g/mol. The minimum absolute atomic E-state index is 0.0176. The SMILES string of the molecule is NCC1CCCCN1C(=O)c1ccc(N2CCCC2)c([N+](=O)[O-])c1. The second-order valence-corrected chi connectivity index (χ2v) is 6.54. The zero-order valence-corrected chi connectivity index (χ0v) is 13.8. The predicted octanol–water partition coefficient (Wildman–Crippen LogP) is 2.15. The minimum Gasteiger partial charge on any atom is -0.366 e. The molecule has 2 fully saturated rings. The highest BCUT2D eigenvalue weighted by atomic mass is 16.6. The summed E-state index contributed by atoms with van der Waals surface area (Å²) >= 11 is 0. The van der Waals surface area contributed by atoms with Crippen LogP contribution in [0, 0.1) is 10.1 Å². The molecule has 1 unspecified atom stereocenters. The molecule has 24 heavy (non-hydrogen) atoms. The Kier molecular flexibility index (Phi) is 4.99. The number of piperidine rings is 1. The fraction of sp³-hybridized carbons (Fsp3) is 0.588. The topological polar surface area (TPSA) is 92.7 Å². The normalized spacial score (nSPS) is 21.1. The Hall–Kier alpha value is -2.15. The van der Waals surface area contributed by atoms with Crippen LogP contribution in [-0.4, -0.2) is 48.0 Å². The Morgan fingerprint density at radius 3 is 2.58 bits per heavy atom. The van der Waals surface area contributed by atoms with Crippen LogP contribution in [-0.2, 0) is 0 Å². The van der Waals surface area contributed by atoms with Crippen molar-refractivity contribution in [1.82, 2.24) is 4.90 Å². The summed E-state index contributed by atoms with van der Waals surface area (Å²) in [5.74, 6) is -0.152. The molecule has 1 amide bonds. The van der Waals surface area contributed by atoms with Gasteiger partial charge in [-0.15, -0.1) is 0 Å². The van der Waals surface area contributed by atoms with Crippen LogP contribution in [0.2, 0.25) is 0 Å². The molecule has 0 saturated carbocycles. The molecular formula is C17H24N4O3. The number of nitro groups is 1. The van der Waals surface area contributed by atoms with E-state index in [9.17, 15) is 14.9 Å². The lowest BCUT2D eigenvalue weighted by Crippen LogP contribution is -2.47. The molecule has 3 rings (SSSR count). The Balaban J connectivity index is 1.89. The number of carbonyl (C=O) groups excluding carboxylic acids is 1. The van der Waals surface area contributed by atoms with Crippen LogP contribution in [0.25, 0.3) is 0 Å². The highest BCUT2D eigenvalue weighted by Gasteiger charge is 2.29. The number of nitrogens with two attached hydrogens (primary N) is 1. The van der Waals surface area contributed by atoms with E-state index in [1.807, 2.05) is 4.90 Å². The van der Waals surface area contributed by atoms with E-state index < -0.39 is 0 Å². The van der Waals surface area contributed by atoms with E-state index in [-0.39, 0.29) is 22.6 Å². The highest BCUT2D eigenvalue weighted by Crippen LogP contribution is 2.32. The maximum atomic E-state index is 12.8. The van der Waals surface area contributed by atoms with Crippen LogP contribution >= 0.6 is 0 Å². The Morgan fingerprint density at radius 2 is 1.92 bits per heavy atom. The smallest absolute Gasteiger partial charge is 0.293 e. The zero-order valence-electron chi connectivity index (χ0n) is 13.8. The first kappa shape index (κ1) is 16.7. The van der Waals surface area contributed by atoms with Crippen LogP contribution < -0.4 is 10.6 Å². The third-order valence-corrected chi connectivity index (χ3v) is 5.03. The van der Waals surface area contributed by atoms with E-state index in [1.165, 1.54) is 6.07 Å². The third kappa shape index (κ3) is 3.21. The molecule has 0 radical (unpaired) electrons. The molecule has 1 aromatic rings. The molecule has 1 atom stereocenters. The van der Waals surface area contributed by atoms with Gasteiger partial charge >= 0.3 is 0 Å². The lowest BCUT2D eigenvalue weighted by molar-refractivity contribution is -0.384. The third-order valence-electron chi connectivity index (χ3n) is 5.03. The maximum absolute atomic E-state index is 12.8. The molecule has 0 spiro atoms. The summed E-state index contributed by atoms with van der Waals surface area (Å²) < 4.78 is 0. The van der Waals surface area contributed by atoms with Crippen molar-refractivity contribution in [2.24, 2.45) is 5.73 Å². The Labute approximate surface area is 141 Å². The van der Waals surface area contributed by atoms with Crippen molar-refractivity contribution in [1.29, 1.82) is 0 Å². The lowest BCUT2D eigenvalue weighted by Gasteiger charge is -2.35. The number of nitro benzene ring substituents is 1. The highest BCUT2D eigenvalue weighted by molar-refractivity contribution is 5.96. The second kappa shape index (κ2) is 7.17. The number of rotatable bonds is 4. The van der Waals surface area contributed by atoms with E-state index in [1.54, 1.807) is 17.0 Å². The van der Waals surface area contributed by atoms with Gasteiger partial charge in [-0.3, -0.25) is 14.9 Å². The van der Waals surface area contributed by atoms with Crippen molar-refractivity contribution < 1.29 is 9.72 Å². The quantitative estimate of drug-likeness (QED) is 0.673. The van der Waals surface area contributed by atoms with Crippen LogP contribution in [0.1, 0.15) is 42.5 Å². The van der Waals surface area contributed by atoms with Gasteiger partial charge < -0.3 is 15.5 Å². The molecule has 2 N–H and O–H groups in total. The number of benzene rings is 1. The number of hydrogen-bond donors (Lipinski definition) is 1. The van der Waals surface area contributed by atoms with Gasteiger partial charge in [-0.05, 0) is 44.2 Å². The van der Waals surface area contributed by atoms with E-state index in [2.05, 4.69) is 0 Å². The van der Waals surface area contributed by atoms with Crippen molar-refractivity contribution in [2.45, 2.75) is 38.1 Å². The van der Waals surface area contributed by atoms with Gasteiger partial charge in [0.25, 0.3) is 11.6 Å². The fourth-order valence-corrected chi connectivity index (χ4v) is 3.71. The largest absolute Gasteiger partial charge is 0.366 e. The molecule has 1 aromatic carbocycles. The summed E-state index contributed by atoms with van der Waals surface area (Å²) in [6, 6.07) is 4.89. The van der Waals surface area contributed by atoms with E-state index in [0.717, 1.165) is 45.2 Å². The number of carbonyl (C=O) groups is 1. The second-order valence-electron chi connectivity index (χ2n) is 6.54. The van der Waals surface area contributed by atoms with Crippen LogP contribution in [0.3, 0.4) is 0 Å². The van der Waals surface area contributed by atoms with Crippen LogP contribution in [0.4, 0.5) is 11.4 Å². The molecule has 2 aliphatic heterocycles. The first-order valence-corrected chi connectivity index (χ1v) is 8.66. The van der Waals surface area contributed by atoms with Crippen LogP contribution in [0.15, 0.2) is 18.2 Å². The van der Waals surface area contributed by atoms with E-state index in [0.29, 0.717) is 24.3 Å². The minimum atomic E-state index is -0.388. The van der Waals surface area contributed by atoms with E-state index in [4.69, 9.17) is 5.73 Å². The van der Waals surface area contributed by atoms with Crippen LogP contribution in [0.5, 0.6) is 0 Å². The summed E-state index contributed by atoms with van der Waals surface area (Å²) in [4.78, 5) is 27.7. The summed E-state index contributed by atoms with van der Waals surface area (Å²) in [6.45, 7) is 2.76. The molecule has 2 heterocycles. The Bertz CT molecular complexity index is 628. The van der Waals surface area contributed by atoms with Gasteiger partial charge in [0.15, 0.2) is 0 Å². The standard InChI is InChI=1S/C17H24N4O3/c18-12-14-5-1-2-10-20(14)17(22)13-6-7-15(16(11-13)21(23)24)19-8-3-4-9-19/h6-7,11,14H,1-5,8-10,12,18H2. The number of hydrogen-bond acceptors (Lipinski definition) is 5. The molecule has 2 saturated heterocycles. The predicted molar refractivity (Wildman–Crippen MR) is 92.3 cm³/mol. The first-order chi connectivity index (χ1) is 11.6. The number of likely N-dealkylation sites (tertiary alicyclic amines) is 1. The number of amides is 1. The molecule has 2 aliphatic rings. The van der Waals surface area contributed by atoms with Crippen molar-refractivity contribution >= 4 is 17.3 Å². The van der Waals surface area contributed by atoms with Gasteiger partial charge in [-0.25, -0.2) is 0 Å². The van der Waals surface area contributed by atoms with Gasteiger partial charge in [-0.2, -0.15) is 0 Å². The maximum Gasteiger partial charge on any atom is 0.293 e. The molecule has 130 valence electrons. The molecule has 7 heteroatoms. The summed E-state index contributed by atoms with van der Waals surface area (Å²) in [6.07, 6.45) is 5.01.